The first kappa shape index (κ1) is 19.1. The fourth-order valence-electron chi connectivity index (χ4n) is 3.29. The topological polar surface area (TPSA) is 70.5 Å². The van der Waals surface area contributed by atoms with Crippen LogP contribution in [0.15, 0.2) is 30.3 Å². The van der Waals surface area contributed by atoms with E-state index in [1.165, 1.54) is 5.56 Å². The third-order valence-corrected chi connectivity index (χ3v) is 4.91. The Bertz CT molecular complexity index is 804. The number of amides is 2. The predicted octanol–water partition coefficient (Wildman–Crippen LogP) is 1.69. The summed E-state index contributed by atoms with van der Waals surface area (Å²) in [5, 5.41) is 7.11. The highest BCUT2D eigenvalue weighted by Gasteiger charge is 2.23. The van der Waals surface area contributed by atoms with Gasteiger partial charge in [0.05, 0.1) is 12.2 Å². The van der Waals surface area contributed by atoms with Crippen molar-refractivity contribution in [1.29, 1.82) is 0 Å². The van der Waals surface area contributed by atoms with Crippen molar-refractivity contribution in [3.8, 4) is 0 Å². The van der Waals surface area contributed by atoms with Crippen molar-refractivity contribution in [3.05, 3.63) is 47.2 Å². The zero-order valence-electron chi connectivity index (χ0n) is 16.2. The number of nitrogens with zero attached hydrogens (tertiary/aromatic N) is 4. The summed E-state index contributed by atoms with van der Waals surface area (Å²) in [6.07, 6.45) is 0.966. The molecule has 1 saturated heterocycles. The maximum Gasteiger partial charge on any atom is 0.253 e. The summed E-state index contributed by atoms with van der Waals surface area (Å²) in [4.78, 5) is 28.8. The van der Waals surface area contributed by atoms with Crippen LogP contribution in [0.2, 0.25) is 0 Å². The number of nitrogens with one attached hydrogen (secondary N) is 1. The van der Waals surface area contributed by atoms with Crippen LogP contribution in [-0.2, 0) is 18.3 Å². The Morgan fingerprint density at radius 1 is 1.11 bits per heavy atom. The van der Waals surface area contributed by atoms with Gasteiger partial charge < -0.3 is 10.2 Å². The molecule has 0 aliphatic carbocycles. The molecule has 1 aromatic heterocycles. The van der Waals surface area contributed by atoms with Crippen molar-refractivity contribution >= 4 is 17.6 Å². The summed E-state index contributed by atoms with van der Waals surface area (Å²) in [5.74, 6) is 0.696. The fourth-order valence-corrected chi connectivity index (χ4v) is 3.29. The van der Waals surface area contributed by atoms with E-state index >= 15 is 0 Å². The molecule has 27 heavy (non-hydrogen) atoms. The maximum atomic E-state index is 12.6. The molecule has 0 bridgehead atoms. The minimum Gasteiger partial charge on any atom is -0.336 e. The number of benzene rings is 1. The largest absolute Gasteiger partial charge is 0.336 e. The predicted molar refractivity (Wildman–Crippen MR) is 105 cm³/mol. The van der Waals surface area contributed by atoms with Gasteiger partial charge in [-0.25, -0.2) is 0 Å². The van der Waals surface area contributed by atoms with E-state index in [1.54, 1.807) is 11.7 Å². The van der Waals surface area contributed by atoms with Gasteiger partial charge in [-0.2, -0.15) is 5.10 Å². The van der Waals surface area contributed by atoms with E-state index in [0.717, 1.165) is 17.7 Å². The average molecular weight is 369 g/mol. The lowest BCUT2D eigenvalue weighted by molar-refractivity contribution is -0.117. The molecule has 1 N–H and O–H groups in total. The van der Waals surface area contributed by atoms with Crippen LogP contribution in [0, 0.1) is 6.92 Å². The zero-order valence-corrected chi connectivity index (χ0v) is 16.2. The molecule has 0 spiro atoms. The van der Waals surface area contributed by atoms with E-state index in [0.29, 0.717) is 38.5 Å². The van der Waals surface area contributed by atoms with Crippen molar-refractivity contribution < 1.29 is 9.59 Å². The van der Waals surface area contributed by atoms with Crippen LogP contribution in [0.5, 0.6) is 0 Å². The van der Waals surface area contributed by atoms with E-state index in [4.69, 9.17) is 0 Å². The Kier molecular flexibility index (Phi) is 5.91. The fraction of sp³-hybridized carbons (Fsp3) is 0.450. The standard InChI is InChI=1S/C20H27N5O2/c1-4-16-5-7-17(8-6-16)20(27)25-11-9-24(10-12-25)14-19(26)21-18-13-15(2)22-23(18)3/h5-8,13H,4,9-12,14H2,1-3H3,(H,21,26). The molecule has 7 heteroatoms. The number of carbonyl (C=O) groups is 2. The van der Waals surface area contributed by atoms with Crippen LogP contribution >= 0.6 is 0 Å². The summed E-state index contributed by atoms with van der Waals surface area (Å²) >= 11 is 0. The highest BCUT2D eigenvalue weighted by molar-refractivity contribution is 5.94. The van der Waals surface area contributed by atoms with E-state index < -0.39 is 0 Å². The average Bonchev–Trinajstić information content (AvgIpc) is 2.98. The number of hydrogen-bond donors (Lipinski definition) is 1. The maximum absolute atomic E-state index is 12.6. The van der Waals surface area contributed by atoms with E-state index in [1.807, 2.05) is 42.2 Å². The molecule has 1 aliphatic heterocycles. The lowest BCUT2D eigenvalue weighted by Crippen LogP contribution is -2.50. The Labute approximate surface area is 159 Å². The summed E-state index contributed by atoms with van der Waals surface area (Å²) in [6.45, 7) is 6.95. The zero-order chi connectivity index (χ0) is 19.4. The SMILES string of the molecule is CCc1ccc(C(=O)N2CCN(CC(=O)Nc3cc(C)nn3C)CC2)cc1. The van der Waals surface area contributed by atoms with Crippen molar-refractivity contribution in [2.24, 2.45) is 7.05 Å². The number of carbonyl (C=O) groups excluding carboxylic acids is 2. The van der Waals surface area contributed by atoms with Crippen molar-refractivity contribution in [3.63, 3.8) is 0 Å². The Hall–Kier alpha value is -2.67. The normalized spacial score (nSPS) is 15.0. The second-order valence-corrected chi connectivity index (χ2v) is 6.96. The number of piperazine rings is 1. The van der Waals surface area contributed by atoms with E-state index in [2.05, 4.69) is 22.2 Å². The first-order valence-corrected chi connectivity index (χ1v) is 9.37. The number of aryl methyl sites for hydroxylation is 3. The Morgan fingerprint density at radius 2 is 1.78 bits per heavy atom. The Morgan fingerprint density at radius 3 is 2.33 bits per heavy atom. The van der Waals surface area contributed by atoms with E-state index in [-0.39, 0.29) is 11.8 Å². The molecule has 1 aromatic carbocycles. The van der Waals surface area contributed by atoms with Crippen LogP contribution in [0.3, 0.4) is 0 Å². The third-order valence-electron chi connectivity index (χ3n) is 4.91. The molecular formula is C20H27N5O2. The van der Waals surface area contributed by atoms with Crippen LogP contribution in [0.25, 0.3) is 0 Å². The molecule has 0 atom stereocenters. The molecule has 0 radical (unpaired) electrons. The molecule has 0 unspecified atom stereocenters. The van der Waals surface area contributed by atoms with Crippen LogP contribution in [0.4, 0.5) is 5.82 Å². The monoisotopic (exact) mass is 369 g/mol. The highest BCUT2D eigenvalue weighted by atomic mass is 16.2. The molecule has 144 valence electrons. The first-order chi connectivity index (χ1) is 13.0. The van der Waals surface area contributed by atoms with Gasteiger partial charge >= 0.3 is 0 Å². The van der Waals surface area contributed by atoms with Crippen LogP contribution in [-0.4, -0.2) is 64.1 Å². The lowest BCUT2D eigenvalue weighted by atomic mass is 10.1. The van der Waals surface area contributed by atoms with Gasteiger partial charge in [-0.15, -0.1) is 0 Å². The van der Waals surface area contributed by atoms with Crippen molar-refractivity contribution in [2.75, 3.05) is 38.0 Å². The van der Waals surface area contributed by atoms with Crippen LogP contribution in [0.1, 0.15) is 28.5 Å². The molecule has 2 heterocycles. The van der Waals surface area contributed by atoms with Crippen molar-refractivity contribution in [2.45, 2.75) is 20.3 Å². The molecule has 1 fully saturated rings. The van der Waals surface area contributed by atoms with E-state index in [9.17, 15) is 9.59 Å². The summed E-state index contributed by atoms with van der Waals surface area (Å²) in [7, 11) is 1.81. The third kappa shape index (κ3) is 4.74. The van der Waals surface area contributed by atoms with Gasteiger partial charge in [0.15, 0.2) is 0 Å². The summed E-state index contributed by atoms with van der Waals surface area (Å²) in [6, 6.07) is 9.66. The highest BCUT2D eigenvalue weighted by Crippen LogP contribution is 2.12. The van der Waals surface area contributed by atoms with Crippen molar-refractivity contribution in [1.82, 2.24) is 19.6 Å². The number of anilines is 1. The molecule has 2 aromatic rings. The van der Waals surface area contributed by atoms with Gasteiger partial charge in [0, 0.05) is 44.9 Å². The molecule has 2 amide bonds. The number of hydrogen-bond acceptors (Lipinski definition) is 4. The minimum absolute atomic E-state index is 0.0621. The van der Waals surface area contributed by atoms with Gasteiger partial charge in [-0.3, -0.25) is 19.2 Å². The molecule has 3 rings (SSSR count). The first-order valence-electron chi connectivity index (χ1n) is 9.37. The molecule has 1 aliphatic rings. The van der Waals surface area contributed by atoms with Gasteiger partial charge in [0.2, 0.25) is 5.91 Å². The molecule has 7 nitrogen and oxygen atoms in total. The Balaban J connectivity index is 1.48. The lowest BCUT2D eigenvalue weighted by Gasteiger charge is -2.34. The second kappa shape index (κ2) is 8.35. The molecule has 0 saturated carbocycles. The molecular weight excluding hydrogens is 342 g/mol. The van der Waals surface area contributed by atoms with Gasteiger partial charge in [0.1, 0.15) is 5.82 Å². The number of aromatic nitrogens is 2. The van der Waals surface area contributed by atoms with Gasteiger partial charge in [0.25, 0.3) is 5.91 Å². The quantitative estimate of drug-likeness (QED) is 0.871. The summed E-state index contributed by atoms with van der Waals surface area (Å²) < 4.78 is 1.66. The van der Waals surface area contributed by atoms with Crippen LogP contribution < -0.4 is 5.32 Å². The smallest absolute Gasteiger partial charge is 0.253 e. The second-order valence-electron chi connectivity index (χ2n) is 6.96. The number of rotatable bonds is 5. The minimum atomic E-state index is -0.0621. The van der Waals surface area contributed by atoms with Gasteiger partial charge in [-0.05, 0) is 31.0 Å². The van der Waals surface area contributed by atoms with Gasteiger partial charge in [-0.1, -0.05) is 19.1 Å². The summed E-state index contributed by atoms with van der Waals surface area (Å²) in [5.41, 5.74) is 2.82.